The molecule has 4 N–H and O–H groups in total. The van der Waals surface area contributed by atoms with Gasteiger partial charge in [-0.2, -0.15) is 10.2 Å². The highest BCUT2D eigenvalue weighted by molar-refractivity contribution is 5.99. The fourth-order valence-corrected chi connectivity index (χ4v) is 3.21. The van der Waals surface area contributed by atoms with Crippen molar-refractivity contribution >= 4 is 28.8 Å². The van der Waals surface area contributed by atoms with E-state index in [1.54, 1.807) is 66.7 Å². The molecule has 1 aromatic heterocycles. The molecule has 0 fully saturated rings. The first-order valence-electron chi connectivity index (χ1n) is 9.98. The van der Waals surface area contributed by atoms with Gasteiger partial charge < -0.3 is 10.4 Å². The predicted molar refractivity (Wildman–Crippen MR) is 123 cm³/mol. The molecule has 164 valence electrons. The lowest BCUT2D eigenvalue weighted by Crippen LogP contribution is -2.40. The zero-order chi connectivity index (χ0) is 23.2. The summed E-state index contributed by atoms with van der Waals surface area (Å²) < 4.78 is 0. The lowest BCUT2D eigenvalue weighted by Gasteiger charge is -2.18. The maximum absolute atomic E-state index is 13.1. The average Bonchev–Trinajstić information content (AvgIpc) is 2.85. The van der Waals surface area contributed by atoms with E-state index in [0.29, 0.717) is 21.9 Å². The van der Waals surface area contributed by atoms with E-state index >= 15 is 0 Å². The lowest BCUT2D eigenvalue weighted by molar-refractivity contribution is -0.123. The van der Waals surface area contributed by atoms with Crippen LogP contribution in [-0.4, -0.2) is 33.3 Å². The Morgan fingerprint density at radius 2 is 1.61 bits per heavy atom. The first-order valence-corrected chi connectivity index (χ1v) is 9.98. The highest BCUT2D eigenvalue weighted by Crippen LogP contribution is 2.20. The summed E-state index contributed by atoms with van der Waals surface area (Å²) in [7, 11) is 0. The Balaban J connectivity index is 1.66. The van der Waals surface area contributed by atoms with Gasteiger partial charge >= 0.3 is 0 Å². The van der Waals surface area contributed by atoms with Gasteiger partial charge in [-0.25, -0.2) is 10.5 Å². The lowest BCUT2D eigenvalue weighted by atomic mass is 10.0. The van der Waals surface area contributed by atoms with E-state index in [1.807, 2.05) is 0 Å². The molecule has 0 aliphatic carbocycles. The molecule has 0 bridgehead atoms. The van der Waals surface area contributed by atoms with Gasteiger partial charge in [-0.05, 0) is 48.0 Å². The highest BCUT2D eigenvalue weighted by atomic mass is 16.3. The van der Waals surface area contributed by atoms with Crippen LogP contribution in [0.4, 0.5) is 0 Å². The summed E-state index contributed by atoms with van der Waals surface area (Å²) in [5.41, 5.74) is 3.17. The maximum Gasteiger partial charge on any atom is 0.272 e. The summed E-state index contributed by atoms with van der Waals surface area (Å²) in [5, 5.41) is 23.2. The number of hydrogen-bond donors (Lipinski definition) is 4. The summed E-state index contributed by atoms with van der Waals surface area (Å²) in [6.45, 7) is 0. The zero-order valence-electron chi connectivity index (χ0n) is 17.2. The maximum atomic E-state index is 13.1. The van der Waals surface area contributed by atoms with Crippen LogP contribution in [0.5, 0.6) is 5.75 Å². The van der Waals surface area contributed by atoms with Crippen molar-refractivity contribution in [1.82, 2.24) is 20.9 Å². The van der Waals surface area contributed by atoms with E-state index in [4.69, 9.17) is 0 Å². The summed E-state index contributed by atoms with van der Waals surface area (Å²) in [4.78, 5) is 38.1. The number of hydrogen-bond acceptors (Lipinski definition) is 6. The van der Waals surface area contributed by atoms with Gasteiger partial charge in [0.1, 0.15) is 11.4 Å². The SMILES string of the molecule is O=C(N[C@H](C(=O)N/N=C/c1ccc(O)cc1)c1n[nH]c(=O)c2ccccc12)c1ccccc1. The number of aromatic amines is 1. The van der Waals surface area contributed by atoms with Crippen LogP contribution in [0.25, 0.3) is 10.8 Å². The normalized spacial score (nSPS) is 11.9. The topological polar surface area (TPSA) is 137 Å². The first kappa shape index (κ1) is 21.4. The number of carbonyl (C=O) groups excluding carboxylic acids is 2. The molecule has 1 heterocycles. The molecule has 0 saturated carbocycles. The number of benzene rings is 3. The van der Waals surface area contributed by atoms with Crippen LogP contribution in [0.2, 0.25) is 0 Å². The number of nitrogens with zero attached hydrogens (tertiary/aromatic N) is 2. The number of nitrogens with one attached hydrogen (secondary N) is 3. The van der Waals surface area contributed by atoms with Gasteiger partial charge in [-0.3, -0.25) is 14.4 Å². The molecule has 2 amide bonds. The molecule has 0 aliphatic heterocycles. The van der Waals surface area contributed by atoms with E-state index < -0.39 is 23.4 Å². The van der Waals surface area contributed by atoms with Crippen LogP contribution < -0.4 is 16.3 Å². The smallest absolute Gasteiger partial charge is 0.272 e. The molecule has 4 aromatic rings. The second-order valence-electron chi connectivity index (χ2n) is 7.08. The van der Waals surface area contributed by atoms with Crippen LogP contribution in [-0.2, 0) is 4.79 Å². The molecular formula is C24H19N5O4. The fourth-order valence-electron chi connectivity index (χ4n) is 3.21. The molecule has 9 nitrogen and oxygen atoms in total. The highest BCUT2D eigenvalue weighted by Gasteiger charge is 2.27. The Hall–Kier alpha value is -4.79. The van der Waals surface area contributed by atoms with Gasteiger partial charge in [-0.15, -0.1) is 0 Å². The van der Waals surface area contributed by atoms with Gasteiger partial charge in [0, 0.05) is 10.9 Å². The number of rotatable bonds is 6. The third-order valence-corrected chi connectivity index (χ3v) is 4.85. The van der Waals surface area contributed by atoms with Crippen LogP contribution >= 0.6 is 0 Å². The van der Waals surface area contributed by atoms with E-state index in [9.17, 15) is 19.5 Å². The number of phenols is 1. The molecule has 9 heteroatoms. The van der Waals surface area contributed by atoms with Crippen molar-refractivity contribution in [3.63, 3.8) is 0 Å². The molecular weight excluding hydrogens is 422 g/mol. The monoisotopic (exact) mass is 441 g/mol. The van der Waals surface area contributed by atoms with Crippen LogP contribution in [0.15, 0.2) is 88.8 Å². The zero-order valence-corrected chi connectivity index (χ0v) is 17.2. The predicted octanol–water partition coefficient (Wildman–Crippen LogP) is 2.25. The van der Waals surface area contributed by atoms with Gasteiger partial charge in [0.2, 0.25) is 0 Å². The Kier molecular flexibility index (Phi) is 6.21. The quantitative estimate of drug-likeness (QED) is 0.269. The Labute approximate surface area is 187 Å². The fraction of sp³-hybridized carbons (Fsp3) is 0.0417. The van der Waals surface area contributed by atoms with E-state index in [0.717, 1.165) is 0 Å². The van der Waals surface area contributed by atoms with E-state index in [2.05, 4.69) is 26.0 Å². The number of carbonyl (C=O) groups is 2. The van der Waals surface area contributed by atoms with Gasteiger partial charge in [0.05, 0.1) is 11.6 Å². The molecule has 0 saturated heterocycles. The second kappa shape index (κ2) is 9.56. The summed E-state index contributed by atoms with van der Waals surface area (Å²) in [5.74, 6) is -1.04. The average molecular weight is 441 g/mol. The standard InChI is InChI=1S/C24H19N5O4/c30-17-12-10-15(11-13-17)14-25-28-24(33)21(26-22(31)16-6-2-1-3-7-16)20-18-8-4-5-9-19(18)23(32)29-27-20/h1-14,21,30H,(H,26,31)(H,28,33)(H,29,32)/b25-14+/t21-/m0/s1. The third-order valence-electron chi connectivity index (χ3n) is 4.85. The van der Waals surface area contributed by atoms with Crippen molar-refractivity contribution in [1.29, 1.82) is 0 Å². The molecule has 1 atom stereocenters. The van der Waals surface area contributed by atoms with Crippen molar-refractivity contribution in [2.24, 2.45) is 5.10 Å². The molecule has 0 spiro atoms. The first-order chi connectivity index (χ1) is 16.0. The molecule has 33 heavy (non-hydrogen) atoms. The van der Waals surface area contributed by atoms with Gasteiger partial charge in [0.25, 0.3) is 17.4 Å². The summed E-state index contributed by atoms with van der Waals surface area (Å²) in [6, 6.07) is 20.1. The van der Waals surface area contributed by atoms with Gasteiger partial charge in [0.15, 0.2) is 6.04 Å². The van der Waals surface area contributed by atoms with Crippen molar-refractivity contribution in [2.75, 3.05) is 0 Å². The minimum absolute atomic E-state index is 0.107. The number of aromatic hydroxyl groups is 1. The molecule has 0 unspecified atom stereocenters. The van der Waals surface area contributed by atoms with E-state index in [1.165, 1.54) is 18.3 Å². The minimum Gasteiger partial charge on any atom is -0.508 e. The van der Waals surface area contributed by atoms with Crippen molar-refractivity contribution in [3.05, 3.63) is 106 Å². The minimum atomic E-state index is -1.24. The van der Waals surface area contributed by atoms with Crippen LogP contribution in [0, 0.1) is 0 Å². The molecule has 3 aromatic carbocycles. The number of H-pyrrole nitrogens is 1. The number of aromatic nitrogens is 2. The third kappa shape index (κ3) is 4.93. The van der Waals surface area contributed by atoms with Crippen LogP contribution in [0.1, 0.15) is 27.7 Å². The van der Waals surface area contributed by atoms with Crippen molar-refractivity contribution in [3.8, 4) is 5.75 Å². The second-order valence-corrected chi connectivity index (χ2v) is 7.08. The molecule has 0 radical (unpaired) electrons. The molecule has 4 rings (SSSR count). The number of fused-ring (bicyclic) bond motifs is 1. The Bertz CT molecular complexity index is 1380. The van der Waals surface area contributed by atoms with E-state index in [-0.39, 0.29) is 11.4 Å². The van der Waals surface area contributed by atoms with Crippen molar-refractivity contribution < 1.29 is 14.7 Å². The Morgan fingerprint density at radius 1 is 0.939 bits per heavy atom. The summed E-state index contributed by atoms with van der Waals surface area (Å²) >= 11 is 0. The number of phenolic OH excluding ortho intramolecular Hbond substituents is 1. The van der Waals surface area contributed by atoms with Crippen molar-refractivity contribution in [2.45, 2.75) is 6.04 Å². The number of amides is 2. The largest absolute Gasteiger partial charge is 0.508 e. The van der Waals surface area contributed by atoms with Gasteiger partial charge in [-0.1, -0.05) is 36.4 Å². The molecule has 0 aliphatic rings. The summed E-state index contributed by atoms with van der Waals surface area (Å²) in [6.07, 6.45) is 1.39. The number of hydrazone groups is 1. The van der Waals surface area contributed by atoms with Crippen LogP contribution in [0.3, 0.4) is 0 Å². The Morgan fingerprint density at radius 3 is 2.33 bits per heavy atom.